The van der Waals surface area contributed by atoms with Gasteiger partial charge >= 0.3 is 0 Å². The van der Waals surface area contributed by atoms with Crippen LogP contribution in [0.25, 0.3) is 0 Å². The summed E-state index contributed by atoms with van der Waals surface area (Å²) in [6, 6.07) is 8.67. The highest BCUT2D eigenvalue weighted by atomic mass is 35.5. The Morgan fingerprint density at radius 3 is 2.36 bits per heavy atom. The Kier molecular flexibility index (Phi) is 7.21. The zero-order valence-corrected chi connectivity index (χ0v) is 21.9. The second-order valence-electron chi connectivity index (χ2n) is 10.0. The standard InChI is InChI=1S/C27H24ClF3N2O5S/c28-20-5-1-14(26(35)33-18-4-6-21(30)22(31)13-18)9-24(20)39(37,38)19-10-15-2-3-16(11-19)27(15,36)25(34)23-12-17(29)7-8-32-23/h1,4-9,12-13,15-16,19,25,34,36H,2-3,10-11H2,(H,33,35)/t15-,16?,19?,25+,27?/m0/s1. The van der Waals surface area contributed by atoms with E-state index in [1.807, 2.05) is 0 Å². The summed E-state index contributed by atoms with van der Waals surface area (Å²) >= 11 is 6.26. The highest BCUT2D eigenvalue weighted by Gasteiger charge is 2.59. The van der Waals surface area contributed by atoms with Crippen molar-refractivity contribution in [3.63, 3.8) is 0 Å². The lowest BCUT2D eigenvalue weighted by molar-refractivity contribution is -0.146. The van der Waals surface area contributed by atoms with Gasteiger partial charge in [-0.05, 0) is 80.0 Å². The van der Waals surface area contributed by atoms with Crippen molar-refractivity contribution in [3.8, 4) is 0 Å². The number of hydrogen-bond donors (Lipinski definition) is 3. The first-order valence-corrected chi connectivity index (χ1v) is 14.2. The third-order valence-corrected chi connectivity index (χ3v) is 10.5. The molecule has 2 aromatic carbocycles. The Bertz CT molecular complexity index is 1540. The third-order valence-electron chi connectivity index (χ3n) is 7.84. The van der Waals surface area contributed by atoms with Crippen molar-refractivity contribution in [2.45, 2.75) is 47.5 Å². The maximum Gasteiger partial charge on any atom is 0.255 e. The molecule has 0 saturated heterocycles. The summed E-state index contributed by atoms with van der Waals surface area (Å²) in [6.45, 7) is 0. The van der Waals surface area contributed by atoms with Gasteiger partial charge in [0.2, 0.25) is 0 Å². The average Bonchev–Trinajstić information content (AvgIpc) is 3.05. The summed E-state index contributed by atoms with van der Waals surface area (Å²) in [6.07, 6.45) is 0.648. The van der Waals surface area contributed by atoms with Gasteiger partial charge in [-0.25, -0.2) is 21.6 Å². The van der Waals surface area contributed by atoms with Crippen molar-refractivity contribution < 1.29 is 36.6 Å². The Hall–Kier alpha value is -2.99. The van der Waals surface area contributed by atoms with Crippen molar-refractivity contribution in [2.24, 2.45) is 11.8 Å². The van der Waals surface area contributed by atoms with E-state index in [4.69, 9.17) is 11.6 Å². The fraction of sp³-hybridized carbons (Fsp3) is 0.333. The van der Waals surface area contributed by atoms with Crippen molar-refractivity contribution in [1.29, 1.82) is 0 Å². The number of aliphatic hydroxyl groups excluding tert-OH is 1. The molecular weight excluding hydrogens is 557 g/mol. The maximum absolute atomic E-state index is 13.7. The summed E-state index contributed by atoms with van der Waals surface area (Å²) in [7, 11) is -4.10. The molecule has 2 bridgehead atoms. The number of pyridine rings is 1. The molecule has 1 amide bonds. The summed E-state index contributed by atoms with van der Waals surface area (Å²) in [4.78, 5) is 16.5. The van der Waals surface area contributed by atoms with Crippen LogP contribution in [0, 0.1) is 29.3 Å². The first kappa shape index (κ1) is 27.6. The van der Waals surface area contributed by atoms with Gasteiger partial charge in [0, 0.05) is 23.5 Å². The number of fused-ring (bicyclic) bond motifs is 2. The van der Waals surface area contributed by atoms with Crippen LogP contribution < -0.4 is 5.32 Å². The number of anilines is 1. The Morgan fingerprint density at radius 1 is 1.03 bits per heavy atom. The molecule has 0 aliphatic heterocycles. The molecular formula is C27H24ClF3N2O5S. The summed E-state index contributed by atoms with van der Waals surface area (Å²) in [5.74, 6) is -4.81. The molecule has 7 nitrogen and oxygen atoms in total. The number of nitrogens with zero attached hydrogens (tertiary/aromatic N) is 1. The van der Waals surface area contributed by atoms with Gasteiger partial charge in [-0.1, -0.05) is 11.6 Å². The van der Waals surface area contributed by atoms with Crippen molar-refractivity contribution >= 4 is 33.0 Å². The summed E-state index contributed by atoms with van der Waals surface area (Å²) in [5, 5.41) is 23.9. The Balaban J connectivity index is 1.39. The van der Waals surface area contributed by atoms with Crippen LogP contribution in [0.3, 0.4) is 0 Å². The first-order chi connectivity index (χ1) is 18.4. The number of carbonyl (C=O) groups excluding carboxylic acids is 1. The molecule has 0 spiro atoms. The molecule has 2 fully saturated rings. The lowest BCUT2D eigenvalue weighted by Crippen LogP contribution is -2.52. The lowest BCUT2D eigenvalue weighted by atomic mass is 9.70. The second-order valence-corrected chi connectivity index (χ2v) is 12.6. The molecule has 2 saturated carbocycles. The van der Waals surface area contributed by atoms with Crippen LogP contribution in [-0.4, -0.2) is 40.4 Å². The summed E-state index contributed by atoms with van der Waals surface area (Å²) < 4.78 is 67.9. The van der Waals surface area contributed by atoms with Crippen LogP contribution in [-0.2, 0) is 9.84 Å². The van der Waals surface area contributed by atoms with E-state index in [2.05, 4.69) is 10.3 Å². The fourth-order valence-corrected chi connectivity index (χ4v) is 8.27. The van der Waals surface area contributed by atoms with Crippen molar-refractivity contribution in [3.05, 3.63) is 88.5 Å². The minimum absolute atomic E-state index is 0.0172. The number of halogens is 4. The van der Waals surface area contributed by atoms with Crippen molar-refractivity contribution in [1.82, 2.24) is 4.98 Å². The Labute approximate surface area is 227 Å². The normalized spacial score (nSPS) is 25.3. The minimum atomic E-state index is -4.10. The molecule has 0 radical (unpaired) electrons. The number of aromatic nitrogens is 1. The Morgan fingerprint density at radius 2 is 1.72 bits per heavy atom. The van der Waals surface area contributed by atoms with Gasteiger partial charge in [0.1, 0.15) is 17.5 Å². The van der Waals surface area contributed by atoms with Gasteiger partial charge in [0.05, 0.1) is 20.9 Å². The monoisotopic (exact) mass is 580 g/mol. The number of nitrogens with one attached hydrogen (secondary N) is 1. The van der Waals surface area contributed by atoms with Gasteiger partial charge in [0.15, 0.2) is 21.5 Å². The molecule has 3 unspecified atom stereocenters. The first-order valence-electron chi connectivity index (χ1n) is 12.2. The van der Waals surface area contributed by atoms with Crippen LogP contribution in [0.1, 0.15) is 47.8 Å². The van der Waals surface area contributed by atoms with Gasteiger partial charge in [-0.2, -0.15) is 0 Å². The second kappa shape index (κ2) is 10.2. The minimum Gasteiger partial charge on any atom is -0.386 e. The molecule has 2 aliphatic rings. The van der Waals surface area contributed by atoms with Gasteiger partial charge < -0.3 is 15.5 Å². The molecule has 5 atom stereocenters. The number of benzene rings is 2. The van der Waals surface area contributed by atoms with Crippen LogP contribution in [0.5, 0.6) is 0 Å². The average molecular weight is 581 g/mol. The predicted molar refractivity (Wildman–Crippen MR) is 136 cm³/mol. The number of hydrogen-bond acceptors (Lipinski definition) is 6. The smallest absolute Gasteiger partial charge is 0.255 e. The van der Waals surface area contributed by atoms with E-state index < -0.39 is 62.0 Å². The van der Waals surface area contributed by atoms with E-state index >= 15 is 0 Å². The largest absolute Gasteiger partial charge is 0.386 e. The number of amides is 1. The van der Waals surface area contributed by atoms with Crippen LogP contribution in [0.4, 0.5) is 18.9 Å². The number of sulfone groups is 1. The molecule has 1 heterocycles. The summed E-state index contributed by atoms with van der Waals surface area (Å²) in [5.41, 5.74) is -1.79. The van der Waals surface area contributed by atoms with Crippen LogP contribution in [0.15, 0.2) is 59.6 Å². The zero-order valence-electron chi connectivity index (χ0n) is 20.3. The molecule has 3 N–H and O–H groups in total. The van der Waals surface area contributed by atoms with Crippen LogP contribution >= 0.6 is 11.6 Å². The molecule has 5 rings (SSSR count). The molecule has 1 aromatic heterocycles. The van der Waals surface area contributed by atoms with E-state index in [-0.39, 0.29) is 39.7 Å². The molecule has 2 aliphatic carbocycles. The van der Waals surface area contributed by atoms with E-state index in [0.29, 0.717) is 12.8 Å². The van der Waals surface area contributed by atoms with Gasteiger partial charge in [-0.3, -0.25) is 9.78 Å². The maximum atomic E-state index is 13.7. The number of rotatable bonds is 6. The van der Waals surface area contributed by atoms with Crippen LogP contribution in [0.2, 0.25) is 5.02 Å². The van der Waals surface area contributed by atoms with Gasteiger partial charge in [0.25, 0.3) is 5.91 Å². The highest BCUT2D eigenvalue weighted by molar-refractivity contribution is 7.92. The van der Waals surface area contributed by atoms with Crippen molar-refractivity contribution in [2.75, 3.05) is 5.32 Å². The topological polar surface area (TPSA) is 117 Å². The predicted octanol–water partition coefficient (Wildman–Crippen LogP) is 4.83. The SMILES string of the molecule is O=C(Nc1ccc(F)c(F)c1)c1ccc(Cl)c(S(=O)(=O)C2CC3CC[C@@H](C2)C3(O)[C@H](O)c2cc(F)ccn2)c1. The molecule has 3 aromatic rings. The number of aliphatic hydroxyl groups is 2. The quantitative estimate of drug-likeness (QED) is 0.384. The zero-order chi connectivity index (χ0) is 28.1. The van der Waals surface area contributed by atoms with Gasteiger partial charge in [-0.15, -0.1) is 0 Å². The third kappa shape index (κ3) is 4.93. The molecule has 39 heavy (non-hydrogen) atoms. The van der Waals surface area contributed by atoms with E-state index in [1.165, 1.54) is 18.3 Å². The molecule has 206 valence electrons. The number of carbonyl (C=O) groups is 1. The van der Waals surface area contributed by atoms with E-state index in [0.717, 1.165) is 36.4 Å². The van der Waals surface area contributed by atoms with E-state index in [1.54, 1.807) is 0 Å². The fourth-order valence-electron chi connectivity index (χ4n) is 5.87. The highest BCUT2D eigenvalue weighted by Crippen LogP contribution is 2.56. The lowest BCUT2D eigenvalue weighted by Gasteiger charge is -2.45. The molecule has 12 heteroatoms. The van der Waals surface area contributed by atoms with E-state index in [9.17, 15) is 36.6 Å².